The van der Waals surface area contributed by atoms with Crippen LogP contribution >= 0.6 is 23.7 Å². The molecule has 5 nitrogen and oxygen atoms in total. The number of benzene rings is 1. The fourth-order valence-electron chi connectivity index (χ4n) is 2.89. The topological polar surface area (TPSA) is 76.3 Å². The van der Waals surface area contributed by atoms with Crippen molar-refractivity contribution >= 4 is 44.0 Å². The summed E-state index contributed by atoms with van der Waals surface area (Å²) in [5.74, 6) is 0. The third-order valence-electron chi connectivity index (χ3n) is 4.65. The monoisotopic (exact) mass is 403 g/mol. The SMILES string of the molecule is CC1(CN)CCN(S(=O)(=O)c2ccc3nc(C(C)(C)C)sc3c2)C1.Cl. The molecule has 2 aromatic rings. The van der Waals surface area contributed by atoms with Crippen LogP contribution in [0.15, 0.2) is 23.1 Å². The first-order valence-corrected chi connectivity index (χ1v) is 10.4. The van der Waals surface area contributed by atoms with E-state index in [1.165, 1.54) is 0 Å². The van der Waals surface area contributed by atoms with Crippen LogP contribution in [0.5, 0.6) is 0 Å². The fraction of sp³-hybridized carbons (Fsp3) is 0.588. The molecule has 2 heterocycles. The molecular formula is C17H26ClN3O2S2. The van der Waals surface area contributed by atoms with Gasteiger partial charge in [0.05, 0.1) is 20.1 Å². The first kappa shape index (κ1) is 20.6. The van der Waals surface area contributed by atoms with Gasteiger partial charge in [-0.1, -0.05) is 27.7 Å². The number of rotatable bonds is 3. The molecule has 1 aliphatic heterocycles. The van der Waals surface area contributed by atoms with E-state index in [9.17, 15) is 8.42 Å². The zero-order valence-corrected chi connectivity index (χ0v) is 17.5. The Hall–Kier alpha value is -0.730. The van der Waals surface area contributed by atoms with Crippen LogP contribution in [0.25, 0.3) is 10.2 Å². The molecule has 2 N–H and O–H groups in total. The Balaban J connectivity index is 0.00000225. The first-order valence-electron chi connectivity index (χ1n) is 8.16. The molecule has 1 atom stereocenters. The van der Waals surface area contributed by atoms with E-state index in [-0.39, 0.29) is 23.2 Å². The van der Waals surface area contributed by atoms with Gasteiger partial charge in [-0.05, 0) is 36.6 Å². The van der Waals surface area contributed by atoms with Crippen molar-refractivity contribution in [2.24, 2.45) is 11.1 Å². The van der Waals surface area contributed by atoms with Gasteiger partial charge in [0.15, 0.2) is 0 Å². The van der Waals surface area contributed by atoms with Crippen LogP contribution in [-0.2, 0) is 15.4 Å². The number of sulfonamides is 1. The predicted molar refractivity (Wildman–Crippen MR) is 106 cm³/mol. The molecule has 0 bridgehead atoms. The zero-order valence-electron chi connectivity index (χ0n) is 15.1. The van der Waals surface area contributed by atoms with Crippen LogP contribution in [-0.4, -0.2) is 37.3 Å². The summed E-state index contributed by atoms with van der Waals surface area (Å²) in [4.78, 5) is 4.98. The molecule has 1 fully saturated rings. The Morgan fingerprint density at radius 1 is 1.36 bits per heavy atom. The summed E-state index contributed by atoms with van der Waals surface area (Å²) in [7, 11) is -3.48. The molecule has 1 unspecified atom stereocenters. The van der Waals surface area contributed by atoms with E-state index in [0.717, 1.165) is 21.6 Å². The summed E-state index contributed by atoms with van der Waals surface area (Å²) in [6.07, 6.45) is 0.805. The molecule has 0 aliphatic carbocycles. The Kier molecular flexibility index (Phi) is 5.58. The molecule has 0 amide bonds. The van der Waals surface area contributed by atoms with Crippen molar-refractivity contribution in [2.75, 3.05) is 19.6 Å². The van der Waals surface area contributed by atoms with E-state index in [1.54, 1.807) is 27.8 Å². The summed E-state index contributed by atoms with van der Waals surface area (Å²) in [6.45, 7) is 9.90. The molecule has 1 aromatic carbocycles. The highest BCUT2D eigenvalue weighted by atomic mass is 35.5. The second-order valence-electron chi connectivity index (χ2n) is 8.00. The molecule has 1 saturated heterocycles. The molecule has 25 heavy (non-hydrogen) atoms. The minimum atomic E-state index is -3.48. The highest BCUT2D eigenvalue weighted by Gasteiger charge is 2.39. The van der Waals surface area contributed by atoms with Crippen LogP contribution in [0, 0.1) is 5.41 Å². The van der Waals surface area contributed by atoms with E-state index in [4.69, 9.17) is 5.73 Å². The lowest BCUT2D eigenvalue weighted by atomic mass is 9.90. The number of thiazole rings is 1. The van der Waals surface area contributed by atoms with Crippen molar-refractivity contribution < 1.29 is 8.42 Å². The molecule has 1 aromatic heterocycles. The van der Waals surface area contributed by atoms with E-state index in [1.807, 2.05) is 13.0 Å². The van der Waals surface area contributed by atoms with Crippen molar-refractivity contribution in [3.8, 4) is 0 Å². The Labute approximate surface area is 160 Å². The lowest BCUT2D eigenvalue weighted by molar-refractivity contribution is 0.349. The molecule has 0 radical (unpaired) electrons. The first-order chi connectivity index (χ1) is 11.0. The minimum absolute atomic E-state index is 0. The molecule has 1 aliphatic rings. The van der Waals surface area contributed by atoms with Gasteiger partial charge in [0, 0.05) is 18.5 Å². The standard InChI is InChI=1S/C17H25N3O2S2.ClH/c1-16(2,3)15-19-13-6-5-12(9-14(13)23-15)24(21,22)20-8-7-17(4,10-18)11-20;/h5-6,9H,7-8,10-11,18H2,1-4H3;1H. The maximum Gasteiger partial charge on any atom is 0.243 e. The van der Waals surface area contributed by atoms with E-state index in [0.29, 0.717) is 24.5 Å². The van der Waals surface area contributed by atoms with Crippen molar-refractivity contribution in [3.05, 3.63) is 23.2 Å². The van der Waals surface area contributed by atoms with Crippen LogP contribution in [0.2, 0.25) is 0 Å². The van der Waals surface area contributed by atoms with Crippen LogP contribution < -0.4 is 5.73 Å². The number of fused-ring (bicyclic) bond motifs is 1. The van der Waals surface area contributed by atoms with Crippen molar-refractivity contribution in [3.63, 3.8) is 0 Å². The Morgan fingerprint density at radius 3 is 2.60 bits per heavy atom. The van der Waals surface area contributed by atoms with E-state index >= 15 is 0 Å². The normalized spacial score (nSPS) is 22.3. The summed E-state index contributed by atoms with van der Waals surface area (Å²) in [5.41, 5.74) is 6.50. The Bertz CT molecular complexity index is 874. The third kappa shape index (κ3) is 3.85. The quantitative estimate of drug-likeness (QED) is 0.852. The zero-order chi connectivity index (χ0) is 17.8. The van der Waals surface area contributed by atoms with Crippen LogP contribution in [0.3, 0.4) is 0 Å². The fourth-order valence-corrected chi connectivity index (χ4v) is 5.64. The van der Waals surface area contributed by atoms with Gasteiger partial charge in [0.2, 0.25) is 10.0 Å². The van der Waals surface area contributed by atoms with Crippen molar-refractivity contribution in [2.45, 2.75) is 44.4 Å². The van der Waals surface area contributed by atoms with Gasteiger partial charge in [-0.15, -0.1) is 23.7 Å². The molecule has 0 saturated carbocycles. The highest BCUT2D eigenvalue weighted by Crippen LogP contribution is 2.35. The molecule has 8 heteroatoms. The maximum atomic E-state index is 13.0. The third-order valence-corrected chi connectivity index (χ3v) is 7.94. The van der Waals surface area contributed by atoms with Gasteiger partial charge in [0.25, 0.3) is 0 Å². The van der Waals surface area contributed by atoms with Gasteiger partial charge in [-0.25, -0.2) is 13.4 Å². The molecule has 140 valence electrons. The van der Waals surface area contributed by atoms with Crippen molar-refractivity contribution in [1.82, 2.24) is 9.29 Å². The second-order valence-corrected chi connectivity index (χ2v) is 11.0. The lowest BCUT2D eigenvalue weighted by Gasteiger charge is -2.22. The lowest BCUT2D eigenvalue weighted by Crippen LogP contribution is -2.34. The highest BCUT2D eigenvalue weighted by molar-refractivity contribution is 7.89. The largest absolute Gasteiger partial charge is 0.330 e. The Morgan fingerprint density at radius 2 is 2.04 bits per heavy atom. The molecular weight excluding hydrogens is 378 g/mol. The average molecular weight is 404 g/mol. The number of halogens is 1. The minimum Gasteiger partial charge on any atom is -0.330 e. The van der Waals surface area contributed by atoms with Crippen LogP contribution in [0.4, 0.5) is 0 Å². The second kappa shape index (κ2) is 6.78. The summed E-state index contributed by atoms with van der Waals surface area (Å²) < 4.78 is 28.4. The predicted octanol–water partition coefficient (Wildman–Crippen LogP) is 3.38. The van der Waals surface area contributed by atoms with Gasteiger partial charge in [-0.3, -0.25) is 0 Å². The van der Waals surface area contributed by atoms with Gasteiger partial charge in [-0.2, -0.15) is 4.31 Å². The van der Waals surface area contributed by atoms with Gasteiger partial charge in [0.1, 0.15) is 0 Å². The van der Waals surface area contributed by atoms with Gasteiger partial charge >= 0.3 is 0 Å². The number of nitrogens with two attached hydrogens (primary N) is 1. The number of nitrogens with zero attached hydrogens (tertiary/aromatic N) is 2. The van der Waals surface area contributed by atoms with E-state index < -0.39 is 10.0 Å². The van der Waals surface area contributed by atoms with Crippen molar-refractivity contribution in [1.29, 1.82) is 0 Å². The molecule has 3 rings (SSSR count). The smallest absolute Gasteiger partial charge is 0.243 e. The summed E-state index contributed by atoms with van der Waals surface area (Å²) in [6, 6.07) is 5.24. The van der Waals surface area contributed by atoms with E-state index in [2.05, 4.69) is 25.8 Å². The number of hydrogen-bond donors (Lipinski definition) is 1. The summed E-state index contributed by atoms with van der Waals surface area (Å²) >= 11 is 1.57. The summed E-state index contributed by atoms with van der Waals surface area (Å²) in [5, 5.41) is 1.02. The average Bonchev–Trinajstić information content (AvgIpc) is 3.10. The van der Waals surface area contributed by atoms with Gasteiger partial charge < -0.3 is 5.73 Å². The van der Waals surface area contributed by atoms with Crippen LogP contribution in [0.1, 0.15) is 39.1 Å². The number of aromatic nitrogens is 1. The maximum absolute atomic E-state index is 13.0. The number of hydrogen-bond acceptors (Lipinski definition) is 5. The molecule has 0 spiro atoms.